The van der Waals surface area contributed by atoms with Gasteiger partial charge in [-0.3, -0.25) is 4.79 Å². The summed E-state index contributed by atoms with van der Waals surface area (Å²) in [5.41, 5.74) is 1.17. The van der Waals surface area contributed by atoms with Gasteiger partial charge in [-0.25, -0.2) is 0 Å². The Morgan fingerprint density at radius 3 is 2.39 bits per heavy atom. The highest BCUT2D eigenvalue weighted by molar-refractivity contribution is 6.14. The Morgan fingerprint density at radius 2 is 1.78 bits per heavy atom. The molecule has 0 aliphatic carbocycles. The van der Waals surface area contributed by atoms with Crippen molar-refractivity contribution in [2.75, 3.05) is 7.11 Å². The Bertz CT molecular complexity index is 989. The molecule has 0 fully saturated rings. The second-order valence-electron chi connectivity index (χ2n) is 4.71. The number of hydrogen-bond acceptors (Lipinski definition) is 6. The van der Waals surface area contributed by atoms with E-state index in [1.54, 1.807) is 24.3 Å². The summed E-state index contributed by atoms with van der Waals surface area (Å²) < 4.78 is 10.2. The lowest BCUT2D eigenvalue weighted by molar-refractivity contribution is 0.103. The molecule has 3 aromatic rings. The van der Waals surface area contributed by atoms with Crippen molar-refractivity contribution in [3.8, 4) is 17.9 Å². The molecule has 0 saturated heterocycles. The summed E-state index contributed by atoms with van der Waals surface area (Å²) in [6.07, 6.45) is 0. The van der Waals surface area contributed by atoms with Gasteiger partial charge < -0.3 is 9.26 Å². The maximum absolute atomic E-state index is 12.6. The zero-order valence-electron chi connectivity index (χ0n) is 12.0. The topological polar surface area (TPSA) is 99.9 Å². The van der Waals surface area contributed by atoms with Crippen molar-refractivity contribution in [3.05, 3.63) is 58.8 Å². The highest BCUT2D eigenvalue weighted by Gasteiger charge is 2.20. The highest BCUT2D eigenvalue weighted by Crippen LogP contribution is 2.25. The van der Waals surface area contributed by atoms with E-state index in [1.165, 1.54) is 19.2 Å². The summed E-state index contributed by atoms with van der Waals surface area (Å²) in [6, 6.07) is 13.3. The minimum absolute atomic E-state index is 0.103. The molecule has 6 heteroatoms. The second-order valence-corrected chi connectivity index (χ2v) is 4.71. The van der Waals surface area contributed by atoms with E-state index < -0.39 is 0 Å². The van der Waals surface area contributed by atoms with Gasteiger partial charge in [0.1, 0.15) is 17.9 Å². The van der Waals surface area contributed by atoms with Gasteiger partial charge in [-0.1, -0.05) is 5.16 Å². The number of methoxy groups -OCH3 is 1. The first-order valence-corrected chi connectivity index (χ1v) is 6.60. The number of hydrogen-bond donors (Lipinski definition) is 0. The van der Waals surface area contributed by atoms with E-state index in [1.807, 2.05) is 12.1 Å². The fourth-order valence-corrected chi connectivity index (χ4v) is 2.21. The quantitative estimate of drug-likeness (QED) is 0.690. The number of ketones is 1. The largest absolute Gasteiger partial charge is 0.497 e. The van der Waals surface area contributed by atoms with Crippen LogP contribution >= 0.6 is 0 Å². The molecule has 0 saturated carbocycles. The first-order chi connectivity index (χ1) is 11.2. The van der Waals surface area contributed by atoms with Crippen molar-refractivity contribution >= 4 is 16.8 Å². The summed E-state index contributed by atoms with van der Waals surface area (Å²) in [7, 11) is 1.54. The predicted octanol–water partition coefficient (Wildman–Crippen LogP) is 2.81. The third kappa shape index (κ3) is 2.39. The smallest absolute Gasteiger partial charge is 0.215 e. The molecule has 0 aliphatic rings. The molecule has 0 aliphatic heterocycles. The summed E-state index contributed by atoms with van der Waals surface area (Å²) in [4.78, 5) is 12.6. The van der Waals surface area contributed by atoms with Crippen LogP contribution in [0.1, 0.15) is 27.2 Å². The predicted molar refractivity (Wildman–Crippen MR) is 79.9 cm³/mol. The zero-order valence-corrected chi connectivity index (χ0v) is 12.0. The normalized spacial score (nSPS) is 10.0. The minimum atomic E-state index is -0.333. The van der Waals surface area contributed by atoms with E-state index in [0.29, 0.717) is 16.7 Å². The minimum Gasteiger partial charge on any atom is -0.497 e. The van der Waals surface area contributed by atoms with Crippen molar-refractivity contribution < 1.29 is 14.1 Å². The molecular weight excluding hydrogens is 294 g/mol. The maximum atomic E-state index is 12.6. The molecule has 6 nitrogen and oxygen atoms in total. The highest BCUT2D eigenvalue weighted by atomic mass is 16.5. The molecule has 0 radical (unpaired) electrons. The number of carbonyl (C=O) groups excluding carboxylic acids is 1. The Hall–Kier alpha value is -3.64. The van der Waals surface area contributed by atoms with Crippen molar-refractivity contribution in [2.45, 2.75) is 0 Å². The van der Waals surface area contributed by atoms with Crippen LogP contribution in [-0.2, 0) is 0 Å². The third-order valence-electron chi connectivity index (χ3n) is 3.42. The molecule has 23 heavy (non-hydrogen) atoms. The first kappa shape index (κ1) is 14.3. The summed E-state index contributed by atoms with van der Waals surface area (Å²) in [5.74, 6) is 0.303. The van der Waals surface area contributed by atoms with Crippen LogP contribution in [0.15, 0.2) is 40.9 Å². The van der Waals surface area contributed by atoms with Crippen LogP contribution in [0.5, 0.6) is 5.75 Å². The molecular formula is C17H9N3O3. The Labute approximate surface area is 131 Å². The van der Waals surface area contributed by atoms with Gasteiger partial charge in [0.2, 0.25) is 5.78 Å². The number of benzene rings is 2. The van der Waals surface area contributed by atoms with E-state index in [-0.39, 0.29) is 28.2 Å². The van der Waals surface area contributed by atoms with Gasteiger partial charge in [0, 0.05) is 11.6 Å². The van der Waals surface area contributed by atoms with E-state index >= 15 is 0 Å². The van der Waals surface area contributed by atoms with Crippen LogP contribution in [0, 0.1) is 22.7 Å². The average Bonchev–Trinajstić information content (AvgIpc) is 3.02. The molecule has 0 bridgehead atoms. The number of ether oxygens (including phenoxy) is 1. The lowest BCUT2D eigenvalue weighted by Gasteiger charge is -2.01. The Balaban J connectivity index is 2.11. The van der Waals surface area contributed by atoms with Crippen molar-refractivity contribution in [2.24, 2.45) is 0 Å². The maximum Gasteiger partial charge on any atom is 0.215 e. The summed E-state index contributed by atoms with van der Waals surface area (Å²) in [5, 5.41) is 22.3. The molecule has 0 unspecified atom stereocenters. The monoisotopic (exact) mass is 303 g/mol. The van der Waals surface area contributed by atoms with Gasteiger partial charge in [0.15, 0.2) is 11.3 Å². The van der Waals surface area contributed by atoms with Crippen LogP contribution in [0.4, 0.5) is 0 Å². The number of aromatic nitrogens is 1. The van der Waals surface area contributed by atoms with Crippen LogP contribution in [0.2, 0.25) is 0 Å². The van der Waals surface area contributed by atoms with Crippen LogP contribution < -0.4 is 4.74 Å². The SMILES string of the molecule is COc1ccc(C(=O)c2noc3cc(C#N)c(C#N)cc23)cc1. The first-order valence-electron chi connectivity index (χ1n) is 6.60. The summed E-state index contributed by atoms with van der Waals surface area (Å²) in [6.45, 7) is 0. The number of carbonyl (C=O) groups is 1. The van der Waals surface area contributed by atoms with E-state index in [0.717, 1.165) is 0 Å². The van der Waals surface area contributed by atoms with Gasteiger partial charge in [-0.2, -0.15) is 10.5 Å². The third-order valence-corrected chi connectivity index (χ3v) is 3.42. The van der Waals surface area contributed by atoms with E-state index in [4.69, 9.17) is 19.8 Å². The number of nitriles is 2. The fourth-order valence-electron chi connectivity index (χ4n) is 2.21. The van der Waals surface area contributed by atoms with Crippen LogP contribution in [0.3, 0.4) is 0 Å². The number of rotatable bonds is 3. The van der Waals surface area contributed by atoms with Gasteiger partial charge in [0.05, 0.1) is 23.6 Å². The second kappa shape index (κ2) is 5.63. The average molecular weight is 303 g/mol. The van der Waals surface area contributed by atoms with Crippen molar-refractivity contribution in [1.29, 1.82) is 10.5 Å². The lowest BCUT2D eigenvalue weighted by atomic mass is 10.0. The molecule has 0 spiro atoms. The molecule has 0 N–H and O–H groups in total. The van der Waals surface area contributed by atoms with Gasteiger partial charge in [-0.15, -0.1) is 0 Å². The lowest BCUT2D eigenvalue weighted by Crippen LogP contribution is -2.02. The molecule has 0 atom stereocenters. The van der Waals surface area contributed by atoms with Crippen molar-refractivity contribution in [3.63, 3.8) is 0 Å². The number of nitrogens with zero attached hydrogens (tertiary/aromatic N) is 3. The van der Waals surface area contributed by atoms with Crippen molar-refractivity contribution in [1.82, 2.24) is 5.16 Å². The standard InChI is InChI=1S/C17H9N3O3/c1-22-13-4-2-10(3-5-13)17(21)16-14-6-11(8-18)12(9-19)7-15(14)23-20-16/h2-7H,1H3. The van der Waals surface area contributed by atoms with Gasteiger partial charge in [-0.05, 0) is 30.3 Å². The van der Waals surface area contributed by atoms with Gasteiger partial charge in [0.25, 0.3) is 0 Å². The van der Waals surface area contributed by atoms with Crippen LogP contribution in [0.25, 0.3) is 11.0 Å². The molecule has 110 valence electrons. The zero-order chi connectivity index (χ0) is 16.4. The Kier molecular flexibility index (Phi) is 3.50. The molecule has 0 amide bonds. The number of fused-ring (bicyclic) bond motifs is 1. The molecule has 3 rings (SSSR count). The fraction of sp³-hybridized carbons (Fsp3) is 0.0588. The molecule has 2 aromatic carbocycles. The Morgan fingerprint density at radius 1 is 1.13 bits per heavy atom. The van der Waals surface area contributed by atoms with E-state index in [9.17, 15) is 4.79 Å². The van der Waals surface area contributed by atoms with Gasteiger partial charge >= 0.3 is 0 Å². The van der Waals surface area contributed by atoms with E-state index in [2.05, 4.69) is 5.16 Å². The molecule has 1 aromatic heterocycles. The summed E-state index contributed by atoms with van der Waals surface area (Å²) >= 11 is 0. The molecule has 1 heterocycles. The van der Waals surface area contributed by atoms with Crippen LogP contribution in [-0.4, -0.2) is 18.0 Å².